The van der Waals surface area contributed by atoms with E-state index in [2.05, 4.69) is 15.0 Å². The van der Waals surface area contributed by atoms with E-state index in [1.807, 2.05) is 0 Å². The summed E-state index contributed by atoms with van der Waals surface area (Å²) in [5, 5.41) is 0.668. The molecule has 144 valence electrons. The number of carbonyl (C=O) groups is 2. The van der Waals surface area contributed by atoms with Crippen molar-refractivity contribution < 1.29 is 14.0 Å². The summed E-state index contributed by atoms with van der Waals surface area (Å²) < 4.78 is 13.3. The lowest BCUT2D eigenvalue weighted by Crippen LogP contribution is -2.50. The summed E-state index contributed by atoms with van der Waals surface area (Å²) in [6, 6.07) is 7.85. The zero-order chi connectivity index (χ0) is 19.5. The SMILES string of the molecule is O=C(CCc1ccncn1)N1CCN(C(=O)c2cc3cc(F)ccc3[nH]2)CC1. The number of amides is 2. The number of nitrogens with zero attached hydrogens (tertiary/aromatic N) is 4. The van der Waals surface area contributed by atoms with E-state index >= 15 is 0 Å². The molecule has 8 heteroatoms. The normalized spacial score (nSPS) is 14.5. The Morgan fingerprint density at radius 3 is 2.61 bits per heavy atom. The van der Waals surface area contributed by atoms with Crippen LogP contribution in [0.25, 0.3) is 10.9 Å². The molecule has 2 aromatic heterocycles. The Balaban J connectivity index is 1.32. The molecule has 0 atom stereocenters. The Kier molecular flexibility index (Phi) is 5.01. The highest BCUT2D eigenvalue weighted by Crippen LogP contribution is 2.18. The highest BCUT2D eigenvalue weighted by atomic mass is 19.1. The molecule has 7 nitrogen and oxygen atoms in total. The summed E-state index contributed by atoms with van der Waals surface area (Å²) in [6.45, 7) is 1.95. The fourth-order valence-electron chi connectivity index (χ4n) is 3.41. The molecule has 4 rings (SSSR count). The molecule has 2 amide bonds. The Hall–Kier alpha value is -3.29. The summed E-state index contributed by atoms with van der Waals surface area (Å²) in [4.78, 5) is 39.7. The number of fused-ring (bicyclic) bond motifs is 1. The van der Waals surface area contributed by atoms with Crippen LogP contribution in [0.4, 0.5) is 4.39 Å². The fourth-order valence-corrected chi connectivity index (χ4v) is 3.41. The van der Waals surface area contributed by atoms with Gasteiger partial charge in [-0.1, -0.05) is 0 Å². The Morgan fingerprint density at radius 1 is 1.07 bits per heavy atom. The number of hydrogen-bond donors (Lipinski definition) is 1. The van der Waals surface area contributed by atoms with Gasteiger partial charge in [-0.15, -0.1) is 0 Å². The van der Waals surface area contributed by atoms with Gasteiger partial charge < -0.3 is 14.8 Å². The highest BCUT2D eigenvalue weighted by Gasteiger charge is 2.25. The summed E-state index contributed by atoms with van der Waals surface area (Å²) in [7, 11) is 0. The number of hydrogen-bond acceptors (Lipinski definition) is 4. The predicted octanol–water partition coefficient (Wildman–Crippen LogP) is 2.01. The molecule has 3 aromatic rings. The van der Waals surface area contributed by atoms with Gasteiger partial charge in [-0.05, 0) is 36.8 Å². The predicted molar refractivity (Wildman–Crippen MR) is 101 cm³/mol. The van der Waals surface area contributed by atoms with Crippen molar-refractivity contribution in [2.45, 2.75) is 12.8 Å². The lowest BCUT2D eigenvalue weighted by molar-refractivity contribution is -0.132. The first-order valence-corrected chi connectivity index (χ1v) is 9.20. The third-order valence-corrected chi connectivity index (χ3v) is 4.97. The van der Waals surface area contributed by atoms with Gasteiger partial charge in [0, 0.05) is 55.4 Å². The minimum atomic E-state index is -0.334. The van der Waals surface area contributed by atoms with Crippen LogP contribution < -0.4 is 0 Å². The van der Waals surface area contributed by atoms with Crippen LogP contribution in [0, 0.1) is 5.82 Å². The molecule has 0 saturated carbocycles. The number of H-pyrrole nitrogens is 1. The number of aromatic nitrogens is 3. The van der Waals surface area contributed by atoms with E-state index in [4.69, 9.17) is 0 Å². The number of aromatic amines is 1. The summed E-state index contributed by atoms with van der Waals surface area (Å²) in [5.74, 6) is -0.406. The number of rotatable bonds is 4. The first kappa shape index (κ1) is 18.1. The standard InChI is InChI=1S/C20H20FN5O2/c21-15-1-3-17-14(11-15)12-18(24-17)20(28)26-9-7-25(8-10-26)19(27)4-2-16-5-6-22-13-23-16/h1,3,5-6,11-13,24H,2,4,7-10H2. The van der Waals surface area contributed by atoms with Crippen LogP contribution in [0.2, 0.25) is 0 Å². The second-order valence-electron chi connectivity index (χ2n) is 6.79. The van der Waals surface area contributed by atoms with Gasteiger partial charge in [0.05, 0.1) is 0 Å². The first-order valence-electron chi connectivity index (χ1n) is 9.20. The maximum atomic E-state index is 13.3. The maximum absolute atomic E-state index is 13.3. The summed E-state index contributed by atoms with van der Waals surface area (Å²) in [6.07, 6.45) is 4.10. The van der Waals surface area contributed by atoms with Gasteiger partial charge >= 0.3 is 0 Å². The van der Waals surface area contributed by atoms with Gasteiger partial charge in [0.2, 0.25) is 5.91 Å². The van der Waals surface area contributed by atoms with E-state index in [-0.39, 0.29) is 17.6 Å². The van der Waals surface area contributed by atoms with E-state index in [0.717, 1.165) is 11.2 Å². The molecule has 1 aliphatic rings. The van der Waals surface area contributed by atoms with Crippen LogP contribution in [0.15, 0.2) is 42.9 Å². The zero-order valence-corrected chi connectivity index (χ0v) is 15.3. The van der Waals surface area contributed by atoms with E-state index in [0.29, 0.717) is 50.1 Å². The Bertz CT molecular complexity index is 996. The Labute approximate surface area is 161 Å². The van der Waals surface area contributed by atoms with Crippen molar-refractivity contribution in [3.63, 3.8) is 0 Å². The quantitative estimate of drug-likeness (QED) is 0.750. The van der Waals surface area contributed by atoms with E-state index < -0.39 is 0 Å². The number of piperazine rings is 1. The molecule has 1 fully saturated rings. The molecule has 0 aliphatic carbocycles. The highest BCUT2D eigenvalue weighted by molar-refractivity contribution is 5.98. The van der Waals surface area contributed by atoms with Crippen LogP contribution in [0.5, 0.6) is 0 Å². The molecule has 0 unspecified atom stereocenters. The van der Waals surface area contributed by atoms with E-state index in [1.165, 1.54) is 18.5 Å². The number of nitrogens with one attached hydrogen (secondary N) is 1. The van der Waals surface area contributed by atoms with Crippen molar-refractivity contribution in [3.8, 4) is 0 Å². The van der Waals surface area contributed by atoms with Gasteiger partial charge in [0.25, 0.3) is 5.91 Å². The van der Waals surface area contributed by atoms with Crippen molar-refractivity contribution >= 4 is 22.7 Å². The van der Waals surface area contributed by atoms with Crippen LogP contribution in [0.3, 0.4) is 0 Å². The van der Waals surface area contributed by atoms with E-state index in [9.17, 15) is 14.0 Å². The molecule has 0 spiro atoms. The molecule has 1 aromatic carbocycles. The molecule has 3 heterocycles. The number of benzene rings is 1. The van der Waals surface area contributed by atoms with Gasteiger partial charge in [0.1, 0.15) is 17.8 Å². The lowest BCUT2D eigenvalue weighted by Gasteiger charge is -2.34. The Morgan fingerprint density at radius 2 is 1.86 bits per heavy atom. The molecule has 1 saturated heterocycles. The average Bonchev–Trinajstić information content (AvgIpc) is 3.15. The van der Waals surface area contributed by atoms with Gasteiger partial charge in [-0.2, -0.15) is 0 Å². The van der Waals surface area contributed by atoms with E-state index in [1.54, 1.807) is 34.2 Å². The third kappa shape index (κ3) is 3.85. The molecule has 28 heavy (non-hydrogen) atoms. The van der Waals surface area contributed by atoms with Crippen LogP contribution in [0.1, 0.15) is 22.6 Å². The molecule has 1 N–H and O–H groups in total. The van der Waals surface area contributed by atoms with Crippen molar-refractivity contribution in [1.82, 2.24) is 24.8 Å². The van der Waals surface area contributed by atoms with Crippen molar-refractivity contribution in [1.29, 1.82) is 0 Å². The molecular weight excluding hydrogens is 361 g/mol. The largest absolute Gasteiger partial charge is 0.351 e. The third-order valence-electron chi connectivity index (χ3n) is 4.97. The van der Waals surface area contributed by atoms with Crippen molar-refractivity contribution in [2.24, 2.45) is 0 Å². The minimum Gasteiger partial charge on any atom is -0.351 e. The average molecular weight is 381 g/mol. The van der Waals surface area contributed by atoms with Crippen LogP contribution in [-0.2, 0) is 11.2 Å². The zero-order valence-electron chi connectivity index (χ0n) is 15.3. The second-order valence-corrected chi connectivity index (χ2v) is 6.79. The topological polar surface area (TPSA) is 82.2 Å². The first-order chi connectivity index (χ1) is 13.6. The number of halogens is 1. The monoisotopic (exact) mass is 381 g/mol. The molecular formula is C20H20FN5O2. The summed E-state index contributed by atoms with van der Waals surface area (Å²) in [5.41, 5.74) is 2.00. The van der Waals surface area contributed by atoms with Crippen molar-refractivity contribution in [2.75, 3.05) is 26.2 Å². The van der Waals surface area contributed by atoms with Gasteiger partial charge in [0.15, 0.2) is 0 Å². The van der Waals surface area contributed by atoms with Gasteiger partial charge in [-0.25, -0.2) is 14.4 Å². The lowest BCUT2D eigenvalue weighted by atomic mass is 10.2. The number of aryl methyl sites for hydroxylation is 1. The van der Waals surface area contributed by atoms with Gasteiger partial charge in [-0.3, -0.25) is 9.59 Å². The minimum absolute atomic E-state index is 0.0619. The second kappa shape index (κ2) is 7.75. The molecule has 0 radical (unpaired) electrons. The van der Waals surface area contributed by atoms with Crippen molar-refractivity contribution in [3.05, 3.63) is 60.1 Å². The fraction of sp³-hybridized carbons (Fsp3) is 0.300. The van der Waals surface area contributed by atoms with Crippen LogP contribution in [-0.4, -0.2) is 62.7 Å². The maximum Gasteiger partial charge on any atom is 0.270 e. The smallest absolute Gasteiger partial charge is 0.270 e. The molecule has 1 aliphatic heterocycles. The molecule has 0 bridgehead atoms. The van der Waals surface area contributed by atoms with Crippen LogP contribution >= 0.6 is 0 Å². The number of carbonyl (C=O) groups excluding carboxylic acids is 2. The summed E-state index contributed by atoms with van der Waals surface area (Å²) >= 11 is 0.